The second kappa shape index (κ2) is 5.78. The Bertz CT molecular complexity index is 558. The van der Waals surface area contributed by atoms with Gasteiger partial charge in [0.1, 0.15) is 0 Å². The van der Waals surface area contributed by atoms with E-state index in [4.69, 9.17) is 0 Å². The van der Waals surface area contributed by atoms with Gasteiger partial charge in [0.15, 0.2) is 0 Å². The topological polar surface area (TPSA) is 37.8 Å². The molecule has 0 saturated heterocycles. The summed E-state index contributed by atoms with van der Waals surface area (Å²) in [6, 6.07) is 8.64. The third-order valence-electron chi connectivity index (χ3n) is 3.78. The number of anilines is 1. The van der Waals surface area contributed by atoms with E-state index in [1.165, 1.54) is 25.7 Å². The van der Waals surface area contributed by atoms with E-state index in [1.54, 1.807) is 0 Å². The summed E-state index contributed by atoms with van der Waals surface area (Å²) in [6.07, 6.45) is 9.21. The number of nitrogens with one attached hydrogen (secondary N) is 1. The van der Waals surface area contributed by atoms with Crippen LogP contribution in [-0.4, -0.2) is 27.5 Å². The van der Waals surface area contributed by atoms with Gasteiger partial charge in [-0.3, -0.25) is 0 Å². The average molecular weight is 273 g/mol. The molecule has 0 radical (unpaired) electrons. The number of benzene rings is 1. The van der Waals surface area contributed by atoms with Crippen LogP contribution in [0.3, 0.4) is 0 Å². The van der Waals surface area contributed by atoms with Gasteiger partial charge < -0.3 is 5.32 Å². The Balaban J connectivity index is 1.74. The van der Waals surface area contributed by atoms with Crippen molar-refractivity contribution in [2.24, 2.45) is 0 Å². The van der Waals surface area contributed by atoms with Crippen molar-refractivity contribution in [1.29, 1.82) is 0 Å². The molecule has 3 rings (SSSR count). The molecule has 1 aliphatic rings. The van der Waals surface area contributed by atoms with Gasteiger partial charge in [-0.1, -0.05) is 24.6 Å². The van der Waals surface area contributed by atoms with Crippen LogP contribution in [0.1, 0.15) is 25.7 Å². The van der Waals surface area contributed by atoms with Crippen LogP contribution in [-0.2, 0) is 0 Å². The van der Waals surface area contributed by atoms with Crippen LogP contribution >= 0.6 is 11.8 Å². The van der Waals surface area contributed by atoms with Gasteiger partial charge in [0, 0.05) is 22.9 Å². The Morgan fingerprint density at radius 1 is 1.26 bits per heavy atom. The van der Waals surface area contributed by atoms with Gasteiger partial charge in [-0.25, -0.2) is 9.97 Å². The fourth-order valence-corrected chi connectivity index (χ4v) is 3.54. The first-order chi connectivity index (χ1) is 9.35. The molecule has 0 amide bonds. The van der Waals surface area contributed by atoms with E-state index in [1.807, 2.05) is 42.2 Å². The molecule has 0 bridgehead atoms. The number of hydrogen-bond acceptors (Lipinski definition) is 4. The fraction of sp³-hybridized carbons (Fsp3) is 0.467. The quantitative estimate of drug-likeness (QED) is 0.925. The smallest absolute Gasteiger partial charge is 0.223 e. The van der Waals surface area contributed by atoms with Crippen LogP contribution in [0.2, 0.25) is 0 Å². The van der Waals surface area contributed by atoms with Gasteiger partial charge >= 0.3 is 0 Å². The Morgan fingerprint density at radius 2 is 2.16 bits per heavy atom. The van der Waals surface area contributed by atoms with E-state index < -0.39 is 0 Å². The maximum atomic E-state index is 4.59. The molecule has 2 aromatic rings. The first-order valence-corrected chi connectivity index (χ1v) is 8.15. The average Bonchev–Trinajstić information content (AvgIpc) is 2.47. The Kier molecular flexibility index (Phi) is 3.87. The number of thioether (sulfide) groups is 1. The van der Waals surface area contributed by atoms with Crippen molar-refractivity contribution in [3.63, 3.8) is 0 Å². The summed E-state index contributed by atoms with van der Waals surface area (Å²) in [5.74, 6) is 0.769. The molecule has 0 spiro atoms. The second-order valence-corrected chi connectivity index (χ2v) is 6.26. The minimum Gasteiger partial charge on any atom is -0.351 e. The highest BCUT2D eigenvalue weighted by atomic mass is 32.2. The number of fused-ring (bicyclic) bond motifs is 1. The molecular weight excluding hydrogens is 254 g/mol. The maximum absolute atomic E-state index is 4.59. The van der Waals surface area contributed by atoms with Gasteiger partial charge in [0.2, 0.25) is 5.95 Å². The molecule has 4 heteroatoms. The summed E-state index contributed by atoms with van der Waals surface area (Å²) in [5.41, 5.74) is 1.01. The van der Waals surface area contributed by atoms with Crippen molar-refractivity contribution in [1.82, 2.24) is 9.97 Å². The van der Waals surface area contributed by atoms with Crippen molar-refractivity contribution in [2.75, 3.05) is 11.6 Å². The zero-order chi connectivity index (χ0) is 13.1. The van der Waals surface area contributed by atoms with Crippen LogP contribution < -0.4 is 5.32 Å². The van der Waals surface area contributed by atoms with E-state index in [0.29, 0.717) is 6.04 Å². The lowest BCUT2D eigenvalue weighted by molar-refractivity contribution is 0.472. The lowest BCUT2D eigenvalue weighted by Gasteiger charge is -2.28. The largest absolute Gasteiger partial charge is 0.351 e. The van der Waals surface area contributed by atoms with E-state index in [2.05, 4.69) is 21.5 Å². The van der Waals surface area contributed by atoms with E-state index >= 15 is 0 Å². The zero-order valence-electron chi connectivity index (χ0n) is 11.2. The molecule has 0 aliphatic heterocycles. The summed E-state index contributed by atoms with van der Waals surface area (Å²) in [7, 11) is 0. The Labute approximate surface area is 118 Å². The van der Waals surface area contributed by atoms with Crippen molar-refractivity contribution < 1.29 is 0 Å². The SMILES string of the molecule is CSC1CCCC(Nc2ncc3ccccc3n2)C1. The minimum absolute atomic E-state index is 0.521. The third-order valence-corrected chi connectivity index (χ3v) is 4.88. The number of nitrogens with zero attached hydrogens (tertiary/aromatic N) is 2. The predicted octanol–water partition coefficient (Wildman–Crippen LogP) is 3.72. The molecular formula is C15H19N3S. The molecule has 3 nitrogen and oxygen atoms in total. The predicted molar refractivity (Wildman–Crippen MR) is 82.7 cm³/mol. The summed E-state index contributed by atoms with van der Waals surface area (Å²) >= 11 is 1.98. The van der Waals surface area contributed by atoms with Crippen molar-refractivity contribution in [2.45, 2.75) is 37.0 Å². The molecule has 1 aromatic carbocycles. The van der Waals surface area contributed by atoms with Gasteiger partial charge in [-0.15, -0.1) is 0 Å². The van der Waals surface area contributed by atoms with Gasteiger partial charge in [-0.2, -0.15) is 11.8 Å². The molecule has 1 saturated carbocycles. The molecule has 1 N–H and O–H groups in total. The van der Waals surface area contributed by atoms with E-state index in [9.17, 15) is 0 Å². The lowest BCUT2D eigenvalue weighted by Crippen LogP contribution is -2.29. The fourth-order valence-electron chi connectivity index (χ4n) is 2.71. The van der Waals surface area contributed by atoms with Gasteiger partial charge in [0.05, 0.1) is 5.52 Å². The van der Waals surface area contributed by atoms with Crippen molar-refractivity contribution >= 4 is 28.6 Å². The second-order valence-electron chi connectivity index (χ2n) is 5.12. The number of para-hydroxylation sites is 1. The maximum Gasteiger partial charge on any atom is 0.223 e. The normalized spacial score (nSPS) is 23.4. The summed E-state index contributed by atoms with van der Waals surface area (Å²) < 4.78 is 0. The van der Waals surface area contributed by atoms with Gasteiger partial charge in [-0.05, 0) is 31.6 Å². The van der Waals surface area contributed by atoms with Crippen LogP contribution in [0.4, 0.5) is 5.95 Å². The van der Waals surface area contributed by atoms with Gasteiger partial charge in [0.25, 0.3) is 0 Å². The number of hydrogen-bond donors (Lipinski definition) is 1. The highest BCUT2D eigenvalue weighted by Gasteiger charge is 2.21. The molecule has 2 unspecified atom stereocenters. The third kappa shape index (κ3) is 3.00. The van der Waals surface area contributed by atoms with Crippen LogP contribution in [0.25, 0.3) is 10.9 Å². The molecule has 1 heterocycles. The standard InChI is InChI=1S/C15H19N3S/c1-19-13-7-4-6-12(9-13)17-15-16-10-11-5-2-3-8-14(11)18-15/h2-3,5,8,10,12-13H,4,6-7,9H2,1H3,(H,16,17,18). The zero-order valence-corrected chi connectivity index (χ0v) is 12.0. The van der Waals surface area contributed by atoms with E-state index in [0.717, 1.165) is 22.1 Å². The monoisotopic (exact) mass is 273 g/mol. The molecule has 1 aliphatic carbocycles. The number of aromatic nitrogens is 2. The first-order valence-electron chi connectivity index (χ1n) is 6.86. The van der Waals surface area contributed by atoms with Crippen LogP contribution in [0.15, 0.2) is 30.5 Å². The van der Waals surface area contributed by atoms with E-state index in [-0.39, 0.29) is 0 Å². The Hall–Kier alpha value is -1.29. The Morgan fingerprint density at radius 3 is 3.05 bits per heavy atom. The lowest BCUT2D eigenvalue weighted by atomic mass is 9.95. The highest BCUT2D eigenvalue weighted by molar-refractivity contribution is 7.99. The summed E-state index contributed by atoms with van der Waals surface area (Å²) in [6.45, 7) is 0. The minimum atomic E-state index is 0.521. The molecule has 1 aromatic heterocycles. The van der Waals surface area contributed by atoms with Crippen molar-refractivity contribution in [3.8, 4) is 0 Å². The summed E-state index contributed by atoms with van der Waals surface area (Å²) in [4.78, 5) is 9.01. The first kappa shape index (κ1) is 12.7. The van der Waals surface area contributed by atoms with Crippen LogP contribution in [0, 0.1) is 0 Å². The highest BCUT2D eigenvalue weighted by Crippen LogP contribution is 2.28. The molecule has 2 atom stereocenters. The molecule has 1 fully saturated rings. The summed E-state index contributed by atoms with van der Waals surface area (Å²) in [5, 5.41) is 5.38. The number of rotatable bonds is 3. The molecule has 19 heavy (non-hydrogen) atoms. The molecule has 100 valence electrons. The van der Waals surface area contributed by atoms with Crippen LogP contribution in [0.5, 0.6) is 0 Å². The van der Waals surface area contributed by atoms with Crippen molar-refractivity contribution in [3.05, 3.63) is 30.5 Å².